The van der Waals surface area contributed by atoms with Crippen molar-refractivity contribution in [3.63, 3.8) is 0 Å². The van der Waals surface area contributed by atoms with E-state index in [9.17, 15) is 4.79 Å². The molecule has 0 bridgehead atoms. The van der Waals surface area contributed by atoms with Gasteiger partial charge >= 0.3 is 5.97 Å². The van der Waals surface area contributed by atoms with Crippen LogP contribution in [0.15, 0.2) is 30.3 Å². The molecule has 0 aromatic heterocycles. The lowest BCUT2D eigenvalue weighted by atomic mass is 10.1. The third-order valence-corrected chi connectivity index (χ3v) is 5.09. The highest BCUT2D eigenvalue weighted by Crippen LogP contribution is 2.24. The van der Waals surface area contributed by atoms with Crippen LogP contribution in [0.3, 0.4) is 0 Å². The maximum Gasteiger partial charge on any atom is 0.318 e. The Morgan fingerprint density at radius 2 is 1.94 bits per heavy atom. The lowest BCUT2D eigenvalue weighted by molar-refractivity contribution is -0.136. The first-order valence-corrected chi connectivity index (χ1v) is 7.12. The Bertz CT molecular complexity index is 356. The van der Waals surface area contributed by atoms with Crippen LogP contribution in [0, 0.1) is 0 Å². The van der Waals surface area contributed by atoms with Gasteiger partial charge in [-0.2, -0.15) is 0 Å². The van der Waals surface area contributed by atoms with Crippen molar-refractivity contribution in [2.45, 2.75) is 29.1 Å². The molecule has 0 fully saturated rings. The molecule has 0 aliphatic carbocycles. The van der Waals surface area contributed by atoms with Gasteiger partial charge in [0.15, 0.2) is 0 Å². The molecule has 3 nitrogen and oxygen atoms in total. The molecule has 0 saturated heterocycles. The van der Waals surface area contributed by atoms with Gasteiger partial charge in [-0.25, -0.2) is 0 Å². The number of hydrogen-bond acceptors (Lipinski definition) is 2. The standard InChI is InChI=1S/C12H14Br2O3/c1-2-9(10(13)11(14)12(15)16)17-8-6-4-3-5-7-8/h3-7,9-11H,2H2,1H3,(H,15,16). The van der Waals surface area contributed by atoms with Gasteiger partial charge in [0.25, 0.3) is 0 Å². The average molecular weight is 366 g/mol. The highest BCUT2D eigenvalue weighted by atomic mass is 79.9. The summed E-state index contributed by atoms with van der Waals surface area (Å²) in [5, 5.41) is 8.93. The number of carboxylic acid groups (broad SMARTS) is 1. The molecule has 1 aromatic carbocycles. The van der Waals surface area contributed by atoms with Gasteiger partial charge in [0, 0.05) is 0 Å². The molecule has 0 spiro atoms. The van der Waals surface area contributed by atoms with E-state index >= 15 is 0 Å². The summed E-state index contributed by atoms with van der Waals surface area (Å²) < 4.78 is 5.76. The van der Waals surface area contributed by atoms with Crippen LogP contribution in [0.1, 0.15) is 13.3 Å². The molecule has 94 valence electrons. The van der Waals surface area contributed by atoms with Crippen LogP contribution in [0.25, 0.3) is 0 Å². The van der Waals surface area contributed by atoms with Crippen molar-refractivity contribution in [1.82, 2.24) is 0 Å². The van der Waals surface area contributed by atoms with Gasteiger partial charge in [0.2, 0.25) is 0 Å². The summed E-state index contributed by atoms with van der Waals surface area (Å²) in [5.74, 6) is -0.157. The number of halogens is 2. The lowest BCUT2D eigenvalue weighted by Crippen LogP contribution is -2.37. The highest BCUT2D eigenvalue weighted by molar-refractivity contribution is 9.12. The third kappa shape index (κ3) is 4.32. The fourth-order valence-electron chi connectivity index (χ4n) is 1.37. The predicted molar refractivity (Wildman–Crippen MR) is 74.2 cm³/mol. The second-order valence-electron chi connectivity index (χ2n) is 3.56. The summed E-state index contributed by atoms with van der Waals surface area (Å²) in [6.45, 7) is 1.96. The minimum absolute atomic E-state index is 0.196. The van der Waals surface area contributed by atoms with Crippen LogP contribution < -0.4 is 4.74 Å². The van der Waals surface area contributed by atoms with Gasteiger partial charge in [-0.05, 0) is 18.6 Å². The third-order valence-electron chi connectivity index (χ3n) is 2.30. The van der Waals surface area contributed by atoms with E-state index in [-0.39, 0.29) is 10.9 Å². The molecule has 0 saturated carbocycles. The maximum absolute atomic E-state index is 10.9. The van der Waals surface area contributed by atoms with Crippen LogP contribution in [0.2, 0.25) is 0 Å². The first kappa shape index (κ1) is 14.5. The summed E-state index contributed by atoms with van der Waals surface area (Å²) in [5.41, 5.74) is 0. The summed E-state index contributed by atoms with van der Waals surface area (Å²) in [4.78, 5) is 9.92. The normalized spacial score (nSPS) is 15.9. The largest absolute Gasteiger partial charge is 0.489 e. The SMILES string of the molecule is CCC(Oc1ccccc1)C(Br)C(Br)C(=O)O. The van der Waals surface area contributed by atoms with Crippen molar-refractivity contribution in [2.75, 3.05) is 0 Å². The monoisotopic (exact) mass is 364 g/mol. The number of benzene rings is 1. The Hall–Kier alpha value is -0.550. The minimum atomic E-state index is -0.901. The molecule has 0 heterocycles. The molecule has 5 heteroatoms. The Morgan fingerprint density at radius 3 is 2.41 bits per heavy atom. The van der Waals surface area contributed by atoms with Gasteiger partial charge in [-0.1, -0.05) is 57.0 Å². The lowest BCUT2D eigenvalue weighted by Gasteiger charge is -2.24. The second kappa shape index (κ2) is 7.01. The van der Waals surface area contributed by atoms with Crippen LogP contribution in [-0.4, -0.2) is 26.8 Å². The van der Waals surface area contributed by atoms with Crippen molar-refractivity contribution in [2.24, 2.45) is 0 Å². The molecule has 0 aliphatic heterocycles. The van der Waals surface area contributed by atoms with E-state index in [4.69, 9.17) is 9.84 Å². The average Bonchev–Trinajstić information content (AvgIpc) is 2.35. The predicted octanol–water partition coefficient (Wildman–Crippen LogP) is 3.46. The van der Waals surface area contributed by atoms with Crippen molar-refractivity contribution in [1.29, 1.82) is 0 Å². The Morgan fingerprint density at radius 1 is 1.35 bits per heavy atom. The quantitative estimate of drug-likeness (QED) is 0.785. The number of aliphatic carboxylic acids is 1. The summed E-state index contributed by atoms with van der Waals surface area (Å²) in [6.07, 6.45) is 0.526. The smallest absolute Gasteiger partial charge is 0.318 e. The minimum Gasteiger partial charge on any atom is -0.489 e. The van der Waals surface area contributed by atoms with Gasteiger partial charge < -0.3 is 9.84 Å². The van der Waals surface area contributed by atoms with E-state index in [1.54, 1.807) is 0 Å². The van der Waals surface area contributed by atoms with Crippen LogP contribution >= 0.6 is 31.9 Å². The van der Waals surface area contributed by atoms with E-state index in [0.717, 1.165) is 12.2 Å². The topological polar surface area (TPSA) is 46.5 Å². The maximum atomic E-state index is 10.9. The van der Waals surface area contributed by atoms with E-state index in [0.29, 0.717) is 0 Å². The fourth-order valence-corrected chi connectivity index (χ4v) is 2.42. The first-order chi connectivity index (χ1) is 8.06. The van der Waals surface area contributed by atoms with Crippen molar-refractivity contribution in [3.8, 4) is 5.75 Å². The summed E-state index contributed by atoms with van der Waals surface area (Å²) in [7, 11) is 0. The molecule has 0 radical (unpaired) electrons. The van der Waals surface area contributed by atoms with Gasteiger partial charge in [0.1, 0.15) is 16.7 Å². The van der Waals surface area contributed by atoms with Crippen molar-refractivity contribution in [3.05, 3.63) is 30.3 Å². The zero-order chi connectivity index (χ0) is 12.8. The number of para-hydroxylation sites is 1. The molecule has 3 unspecified atom stereocenters. The molecule has 0 amide bonds. The van der Waals surface area contributed by atoms with Gasteiger partial charge in [0.05, 0.1) is 4.83 Å². The molecule has 1 aromatic rings. The molecule has 17 heavy (non-hydrogen) atoms. The number of ether oxygens (including phenoxy) is 1. The zero-order valence-electron chi connectivity index (χ0n) is 9.35. The molecular weight excluding hydrogens is 352 g/mol. The first-order valence-electron chi connectivity index (χ1n) is 5.29. The number of hydrogen-bond donors (Lipinski definition) is 1. The van der Waals surface area contributed by atoms with Crippen molar-refractivity contribution >= 4 is 37.8 Å². The molecule has 1 N–H and O–H groups in total. The zero-order valence-corrected chi connectivity index (χ0v) is 12.5. The molecule has 3 atom stereocenters. The van der Waals surface area contributed by atoms with Crippen LogP contribution in [0.4, 0.5) is 0 Å². The molecular formula is C12H14Br2O3. The van der Waals surface area contributed by atoms with E-state index < -0.39 is 10.8 Å². The van der Waals surface area contributed by atoms with E-state index in [1.165, 1.54) is 0 Å². The van der Waals surface area contributed by atoms with Gasteiger partial charge in [-0.3, -0.25) is 4.79 Å². The molecule has 0 aliphatic rings. The number of alkyl halides is 2. The van der Waals surface area contributed by atoms with E-state index in [2.05, 4.69) is 31.9 Å². The van der Waals surface area contributed by atoms with Crippen LogP contribution in [-0.2, 0) is 4.79 Å². The van der Waals surface area contributed by atoms with E-state index in [1.807, 2.05) is 37.3 Å². The second-order valence-corrected chi connectivity index (χ2v) is 5.61. The Kier molecular flexibility index (Phi) is 5.98. The summed E-state index contributed by atoms with van der Waals surface area (Å²) in [6, 6.07) is 9.38. The Balaban J connectivity index is 2.69. The fraction of sp³-hybridized carbons (Fsp3) is 0.417. The number of carbonyl (C=O) groups is 1. The van der Waals surface area contributed by atoms with Gasteiger partial charge in [-0.15, -0.1) is 0 Å². The molecule has 1 rings (SSSR count). The Labute approximate surface area is 117 Å². The number of carboxylic acids is 1. The highest BCUT2D eigenvalue weighted by Gasteiger charge is 2.30. The summed E-state index contributed by atoms with van der Waals surface area (Å²) >= 11 is 6.51. The number of rotatable bonds is 6. The van der Waals surface area contributed by atoms with Crippen LogP contribution in [0.5, 0.6) is 5.75 Å². The van der Waals surface area contributed by atoms with Crippen molar-refractivity contribution < 1.29 is 14.6 Å².